The minimum Gasteiger partial charge on any atom is -0.353 e. The van der Waals surface area contributed by atoms with E-state index in [0.29, 0.717) is 11.4 Å². The van der Waals surface area contributed by atoms with E-state index in [0.717, 1.165) is 48.7 Å². The largest absolute Gasteiger partial charge is 0.353 e. The molecule has 1 aliphatic rings. The first-order chi connectivity index (χ1) is 14.8. The Hall–Kier alpha value is -2.97. The van der Waals surface area contributed by atoms with Crippen molar-refractivity contribution in [3.63, 3.8) is 0 Å². The summed E-state index contributed by atoms with van der Waals surface area (Å²) in [7, 11) is -1.56. The molecular weight excluding hydrogens is 410 g/mol. The van der Waals surface area contributed by atoms with Crippen LogP contribution in [0.3, 0.4) is 0 Å². The number of aryl methyl sites for hydroxylation is 2. The zero-order chi connectivity index (χ0) is 22.0. The molecule has 1 aliphatic heterocycles. The van der Waals surface area contributed by atoms with Gasteiger partial charge in [-0.1, -0.05) is 18.2 Å². The minimum absolute atomic E-state index is 0.256. The first-order valence-electron chi connectivity index (χ1n) is 10.3. The Bertz CT molecular complexity index is 1150. The lowest BCUT2D eigenvalue weighted by Crippen LogP contribution is -2.44. The van der Waals surface area contributed by atoms with Crippen molar-refractivity contribution in [1.82, 2.24) is 15.1 Å². The predicted molar refractivity (Wildman–Crippen MR) is 124 cm³/mol. The summed E-state index contributed by atoms with van der Waals surface area (Å²) < 4.78 is 28.4. The Morgan fingerprint density at radius 1 is 0.871 bits per heavy atom. The molecule has 0 saturated carbocycles. The lowest BCUT2D eigenvalue weighted by Gasteiger charge is -2.32. The van der Waals surface area contributed by atoms with Gasteiger partial charge in [-0.2, -0.15) is 0 Å². The smallest absolute Gasteiger partial charge is 0.261 e. The van der Waals surface area contributed by atoms with E-state index in [2.05, 4.69) is 31.8 Å². The first kappa shape index (κ1) is 21.3. The van der Waals surface area contributed by atoms with Crippen LogP contribution in [0.25, 0.3) is 11.3 Å². The zero-order valence-corrected chi connectivity index (χ0v) is 18.9. The number of hydrogen-bond donors (Lipinski definition) is 1. The van der Waals surface area contributed by atoms with Crippen LogP contribution in [-0.2, 0) is 10.0 Å². The molecule has 8 heteroatoms. The third kappa shape index (κ3) is 5.03. The van der Waals surface area contributed by atoms with Crippen LogP contribution >= 0.6 is 0 Å². The summed E-state index contributed by atoms with van der Waals surface area (Å²) in [5.41, 5.74) is 3.81. The quantitative estimate of drug-likeness (QED) is 0.660. The number of nitrogens with zero attached hydrogens (tertiary/aromatic N) is 4. The van der Waals surface area contributed by atoms with Crippen LogP contribution in [0.4, 0.5) is 11.5 Å². The summed E-state index contributed by atoms with van der Waals surface area (Å²) in [6.45, 7) is 7.65. The van der Waals surface area contributed by atoms with E-state index < -0.39 is 10.0 Å². The Balaban J connectivity index is 1.53. The molecule has 1 saturated heterocycles. The number of nitrogens with one attached hydrogen (secondary N) is 1. The van der Waals surface area contributed by atoms with Gasteiger partial charge in [-0.25, -0.2) is 8.42 Å². The summed E-state index contributed by atoms with van der Waals surface area (Å²) in [5, 5.41) is 8.77. The SMILES string of the molecule is Cc1cc(C)cc(S(=O)(=O)Nc2cccc(-c3ccc(N4CCN(C)CC4)nn3)c2)c1. The maximum absolute atomic E-state index is 12.8. The van der Waals surface area contributed by atoms with Crippen LogP contribution in [0.2, 0.25) is 0 Å². The molecule has 0 unspecified atom stereocenters. The van der Waals surface area contributed by atoms with Gasteiger partial charge in [-0.05, 0) is 68.4 Å². The Morgan fingerprint density at radius 3 is 2.23 bits per heavy atom. The fourth-order valence-electron chi connectivity index (χ4n) is 3.73. The number of rotatable bonds is 5. The van der Waals surface area contributed by atoms with Gasteiger partial charge < -0.3 is 9.80 Å². The highest BCUT2D eigenvalue weighted by atomic mass is 32.2. The van der Waals surface area contributed by atoms with Gasteiger partial charge in [0, 0.05) is 37.4 Å². The second kappa shape index (κ2) is 8.64. The summed E-state index contributed by atoms with van der Waals surface area (Å²) in [5.74, 6) is 0.864. The molecule has 162 valence electrons. The second-order valence-electron chi connectivity index (χ2n) is 8.08. The third-order valence-corrected chi connectivity index (χ3v) is 6.75. The van der Waals surface area contributed by atoms with E-state index in [1.54, 1.807) is 24.3 Å². The molecule has 0 bridgehead atoms. The predicted octanol–water partition coefficient (Wildman–Crippen LogP) is 3.31. The summed E-state index contributed by atoms with van der Waals surface area (Å²) in [6.07, 6.45) is 0. The van der Waals surface area contributed by atoms with E-state index >= 15 is 0 Å². The highest BCUT2D eigenvalue weighted by molar-refractivity contribution is 7.92. The number of piperazine rings is 1. The van der Waals surface area contributed by atoms with E-state index in [1.807, 2.05) is 44.2 Å². The Kier molecular flexibility index (Phi) is 5.93. The topological polar surface area (TPSA) is 78.4 Å². The van der Waals surface area contributed by atoms with Crippen LogP contribution in [0.5, 0.6) is 0 Å². The summed E-state index contributed by atoms with van der Waals surface area (Å²) in [6, 6.07) is 16.4. The average molecular weight is 438 g/mol. The van der Waals surface area contributed by atoms with Crippen LogP contribution in [-0.4, -0.2) is 56.7 Å². The van der Waals surface area contributed by atoms with E-state index in [9.17, 15) is 8.42 Å². The molecule has 0 atom stereocenters. The van der Waals surface area contributed by atoms with E-state index in [1.165, 1.54) is 0 Å². The van der Waals surface area contributed by atoms with Gasteiger partial charge >= 0.3 is 0 Å². The van der Waals surface area contributed by atoms with Crippen molar-refractivity contribution >= 4 is 21.5 Å². The van der Waals surface area contributed by atoms with Gasteiger partial charge in [0.1, 0.15) is 0 Å². The maximum atomic E-state index is 12.8. The standard InChI is InChI=1S/C23H27N5O2S/c1-17-13-18(2)15-21(14-17)31(29,30)26-20-6-4-5-19(16-20)22-7-8-23(25-24-22)28-11-9-27(3)10-12-28/h4-8,13-16,26H,9-12H2,1-3H3. The lowest BCUT2D eigenvalue weighted by molar-refractivity contribution is 0.312. The number of aromatic nitrogens is 2. The number of anilines is 2. The van der Waals surface area contributed by atoms with Crippen molar-refractivity contribution in [2.45, 2.75) is 18.7 Å². The molecule has 0 amide bonds. The molecule has 4 rings (SSSR count). The number of likely N-dealkylation sites (N-methyl/N-ethyl adjacent to an activating group) is 1. The molecule has 3 aromatic rings. The molecule has 0 radical (unpaired) electrons. The van der Waals surface area contributed by atoms with Crippen molar-refractivity contribution in [2.24, 2.45) is 0 Å². The summed E-state index contributed by atoms with van der Waals surface area (Å²) in [4.78, 5) is 4.78. The third-order valence-electron chi connectivity index (χ3n) is 5.39. The molecule has 1 fully saturated rings. The van der Waals surface area contributed by atoms with Crippen molar-refractivity contribution in [1.29, 1.82) is 0 Å². The molecule has 31 heavy (non-hydrogen) atoms. The average Bonchev–Trinajstić information content (AvgIpc) is 2.74. The van der Waals surface area contributed by atoms with Gasteiger partial charge in [-0.15, -0.1) is 10.2 Å². The number of benzene rings is 2. The van der Waals surface area contributed by atoms with Crippen molar-refractivity contribution in [3.8, 4) is 11.3 Å². The molecule has 1 N–H and O–H groups in total. The van der Waals surface area contributed by atoms with Crippen LogP contribution < -0.4 is 9.62 Å². The molecule has 7 nitrogen and oxygen atoms in total. The van der Waals surface area contributed by atoms with Crippen molar-refractivity contribution in [2.75, 3.05) is 42.8 Å². The lowest BCUT2D eigenvalue weighted by atomic mass is 10.1. The fraction of sp³-hybridized carbons (Fsp3) is 0.304. The first-order valence-corrected chi connectivity index (χ1v) is 11.8. The fourth-order valence-corrected chi connectivity index (χ4v) is 4.96. The second-order valence-corrected chi connectivity index (χ2v) is 9.76. The minimum atomic E-state index is -3.68. The van der Waals surface area contributed by atoms with Crippen LogP contribution in [0.15, 0.2) is 59.5 Å². The van der Waals surface area contributed by atoms with Gasteiger partial charge in [0.15, 0.2) is 5.82 Å². The highest BCUT2D eigenvalue weighted by Gasteiger charge is 2.17. The molecule has 0 aliphatic carbocycles. The normalized spacial score (nSPS) is 15.1. The highest BCUT2D eigenvalue weighted by Crippen LogP contribution is 2.24. The Morgan fingerprint density at radius 2 is 1.58 bits per heavy atom. The van der Waals surface area contributed by atoms with E-state index in [4.69, 9.17) is 0 Å². The molecule has 2 heterocycles. The number of hydrogen-bond acceptors (Lipinski definition) is 6. The van der Waals surface area contributed by atoms with E-state index in [-0.39, 0.29) is 4.90 Å². The monoisotopic (exact) mass is 437 g/mol. The van der Waals surface area contributed by atoms with Crippen molar-refractivity contribution < 1.29 is 8.42 Å². The van der Waals surface area contributed by atoms with Gasteiger partial charge in [0.2, 0.25) is 0 Å². The molecular formula is C23H27N5O2S. The number of sulfonamides is 1. The van der Waals surface area contributed by atoms with Crippen LogP contribution in [0.1, 0.15) is 11.1 Å². The summed E-state index contributed by atoms with van der Waals surface area (Å²) >= 11 is 0. The Labute approximate surface area is 183 Å². The molecule has 2 aromatic carbocycles. The van der Waals surface area contributed by atoms with Gasteiger partial charge in [0.25, 0.3) is 10.0 Å². The van der Waals surface area contributed by atoms with Crippen molar-refractivity contribution in [3.05, 3.63) is 65.7 Å². The van der Waals surface area contributed by atoms with Gasteiger partial charge in [0.05, 0.1) is 10.6 Å². The molecule has 0 spiro atoms. The molecule has 1 aromatic heterocycles. The maximum Gasteiger partial charge on any atom is 0.261 e. The van der Waals surface area contributed by atoms with Gasteiger partial charge in [-0.3, -0.25) is 4.72 Å². The van der Waals surface area contributed by atoms with Crippen LogP contribution in [0, 0.1) is 13.8 Å². The zero-order valence-electron chi connectivity index (χ0n) is 18.0.